The van der Waals surface area contributed by atoms with Gasteiger partial charge in [0, 0.05) is 38.1 Å². The van der Waals surface area contributed by atoms with Gasteiger partial charge in [-0.15, -0.1) is 6.58 Å². The summed E-state index contributed by atoms with van der Waals surface area (Å²) in [6.45, 7) is 8.15. The number of hydrogen-bond donors (Lipinski definition) is 1. The number of fused-ring (bicyclic) bond motifs is 1. The Morgan fingerprint density at radius 2 is 1.39 bits per heavy atom. The van der Waals surface area contributed by atoms with Crippen LogP contribution in [0.3, 0.4) is 0 Å². The quantitative estimate of drug-likeness (QED) is 0.407. The molecule has 0 spiro atoms. The van der Waals surface area contributed by atoms with Gasteiger partial charge in [0.1, 0.15) is 5.82 Å². The SMILES string of the molecule is C=CCNc1nc(N2CCN(C(c3ccccc3)c3ccccc3)CC2)nc2ccccc12. The van der Waals surface area contributed by atoms with Gasteiger partial charge < -0.3 is 10.2 Å². The highest BCUT2D eigenvalue weighted by Crippen LogP contribution is 2.30. The molecule has 5 nitrogen and oxygen atoms in total. The number of para-hydroxylation sites is 1. The van der Waals surface area contributed by atoms with Crippen molar-refractivity contribution in [3.63, 3.8) is 0 Å². The molecule has 0 bridgehead atoms. The predicted octanol–water partition coefficient (Wildman–Crippen LogP) is 5.14. The highest BCUT2D eigenvalue weighted by atomic mass is 15.3. The van der Waals surface area contributed by atoms with Gasteiger partial charge in [0.05, 0.1) is 11.6 Å². The largest absolute Gasteiger partial charge is 0.366 e. The summed E-state index contributed by atoms with van der Waals surface area (Å²) in [4.78, 5) is 14.6. The van der Waals surface area contributed by atoms with Crippen LogP contribution in [0.1, 0.15) is 17.2 Å². The van der Waals surface area contributed by atoms with Gasteiger partial charge in [0.15, 0.2) is 0 Å². The smallest absolute Gasteiger partial charge is 0.227 e. The molecule has 1 aliphatic heterocycles. The Balaban J connectivity index is 1.39. The Morgan fingerprint density at radius 1 is 0.788 bits per heavy atom. The molecule has 5 heteroatoms. The number of hydrogen-bond acceptors (Lipinski definition) is 5. The predicted molar refractivity (Wildman–Crippen MR) is 137 cm³/mol. The van der Waals surface area contributed by atoms with Gasteiger partial charge in [-0.25, -0.2) is 4.98 Å². The fraction of sp³-hybridized carbons (Fsp3) is 0.214. The normalized spacial score (nSPS) is 14.5. The second-order valence-corrected chi connectivity index (χ2v) is 8.31. The van der Waals surface area contributed by atoms with Crippen molar-refractivity contribution in [3.8, 4) is 0 Å². The molecule has 1 saturated heterocycles. The van der Waals surface area contributed by atoms with E-state index in [0.29, 0.717) is 6.54 Å². The van der Waals surface area contributed by atoms with Gasteiger partial charge in [-0.2, -0.15) is 4.98 Å². The fourth-order valence-corrected chi connectivity index (χ4v) is 4.57. The van der Waals surface area contributed by atoms with Crippen LogP contribution in [0.25, 0.3) is 10.9 Å². The van der Waals surface area contributed by atoms with Crippen LogP contribution in [-0.4, -0.2) is 47.6 Å². The molecule has 0 atom stereocenters. The average molecular weight is 436 g/mol. The van der Waals surface area contributed by atoms with Gasteiger partial charge in [-0.3, -0.25) is 4.90 Å². The molecule has 4 aromatic rings. The van der Waals surface area contributed by atoms with Crippen LogP contribution in [0.2, 0.25) is 0 Å². The van der Waals surface area contributed by atoms with E-state index in [2.05, 4.69) is 94.5 Å². The maximum atomic E-state index is 4.89. The van der Waals surface area contributed by atoms with Gasteiger partial charge in [0.25, 0.3) is 0 Å². The minimum atomic E-state index is 0.247. The first kappa shape index (κ1) is 21.2. The van der Waals surface area contributed by atoms with Crippen molar-refractivity contribution in [1.82, 2.24) is 14.9 Å². The van der Waals surface area contributed by atoms with Crippen LogP contribution in [0.4, 0.5) is 11.8 Å². The van der Waals surface area contributed by atoms with Crippen molar-refractivity contribution in [1.29, 1.82) is 0 Å². The molecule has 0 unspecified atom stereocenters. The number of aromatic nitrogens is 2. The van der Waals surface area contributed by atoms with E-state index in [1.54, 1.807) is 0 Å². The first-order valence-electron chi connectivity index (χ1n) is 11.5. The minimum Gasteiger partial charge on any atom is -0.366 e. The van der Waals surface area contributed by atoms with Crippen LogP contribution < -0.4 is 10.2 Å². The lowest BCUT2D eigenvalue weighted by Crippen LogP contribution is -2.48. The van der Waals surface area contributed by atoms with Crippen LogP contribution in [-0.2, 0) is 0 Å². The Kier molecular flexibility index (Phi) is 6.31. The second kappa shape index (κ2) is 9.84. The average Bonchev–Trinajstić information content (AvgIpc) is 2.89. The van der Waals surface area contributed by atoms with Crippen molar-refractivity contribution in [2.45, 2.75) is 6.04 Å². The second-order valence-electron chi connectivity index (χ2n) is 8.31. The molecule has 166 valence electrons. The molecule has 1 aliphatic rings. The lowest BCUT2D eigenvalue weighted by Gasteiger charge is -2.40. The van der Waals surface area contributed by atoms with Crippen molar-refractivity contribution in [2.24, 2.45) is 0 Å². The van der Waals surface area contributed by atoms with E-state index in [4.69, 9.17) is 9.97 Å². The van der Waals surface area contributed by atoms with Gasteiger partial charge in [-0.05, 0) is 23.3 Å². The number of nitrogens with one attached hydrogen (secondary N) is 1. The van der Waals surface area contributed by atoms with Crippen molar-refractivity contribution >= 4 is 22.7 Å². The third-order valence-corrected chi connectivity index (χ3v) is 6.20. The van der Waals surface area contributed by atoms with Crippen molar-refractivity contribution < 1.29 is 0 Å². The van der Waals surface area contributed by atoms with Gasteiger partial charge in [0.2, 0.25) is 5.95 Å². The molecule has 0 radical (unpaired) electrons. The van der Waals surface area contributed by atoms with E-state index in [1.807, 2.05) is 18.2 Å². The molecular weight excluding hydrogens is 406 g/mol. The molecule has 1 aromatic heterocycles. The minimum absolute atomic E-state index is 0.247. The Hall–Kier alpha value is -3.70. The number of anilines is 2. The van der Waals surface area contributed by atoms with E-state index in [0.717, 1.165) is 48.8 Å². The molecule has 1 N–H and O–H groups in total. The van der Waals surface area contributed by atoms with Crippen LogP contribution in [0, 0.1) is 0 Å². The summed E-state index contributed by atoms with van der Waals surface area (Å²) in [6.07, 6.45) is 1.85. The van der Waals surface area contributed by atoms with Gasteiger partial charge >= 0.3 is 0 Å². The zero-order chi connectivity index (χ0) is 22.5. The molecule has 0 aliphatic carbocycles. The zero-order valence-corrected chi connectivity index (χ0v) is 18.8. The van der Waals surface area contributed by atoms with Crippen LogP contribution >= 0.6 is 0 Å². The van der Waals surface area contributed by atoms with Crippen LogP contribution in [0.15, 0.2) is 97.6 Å². The molecule has 2 heterocycles. The van der Waals surface area contributed by atoms with Crippen LogP contribution in [0.5, 0.6) is 0 Å². The summed E-state index contributed by atoms with van der Waals surface area (Å²) >= 11 is 0. The summed E-state index contributed by atoms with van der Waals surface area (Å²) < 4.78 is 0. The van der Waals surface area contributed by atoms with Crippen molar-refractivity contribution in [3.05, 3.63) is 109 Å². The summed E-state index contributed by atoms with van der Waals surface area (Å²) in [7, 11) is 0. The van der Waals surface area contributed by atoms with Crippen molar-refractivity contribution in [2.75, 3.05) is 42.9 Å². The molecule has 0 amide bonds. The number of rotatable bonds is 7. The number of piperazine rings is 1. The van der Waals surface area contributed by atoms with E-state index < -0.39 is 0 Å². The first-order chi connectivity index (χ1) is 16.3. The Bertz CT molecular complexity index is 1160. The Labute approximate surface area is 195 Å². The zero-order valence-electron chi connectivity index (χ0n) is 18.8. The molecule has 0 saturated carbocycles. The van der Waals surface area contributed by atoms with E-state index >= 15 is 0 Å². The topological polar surface area (TPSA) is 44.3 Å². The maximum Gasteiger partial charge on any atom is 0.227 e. The van der Waals surface area contributed by atoms with Gasteiger partial charge in [-0.1, -0.05) is 78.9 Å². The van der Waals surface area contributed by atoms with E-state index in [-0.39, 0.29) is 6.04 Å². The molecular formula is C28H29N5. The number of benzene rings is 3. The highest BCUT2D eigenvalue weighted by Gasteiger charge is 2.27. The fourth-order valence-electron chi connectivity index (χ4n) is 4.57. The summed E-state index contributed by atoms with van der Waals surface area (Å²) in [5.41, 5.74) is 3.62. The summed E-state index contributed by atoms with van der Waals surface area (Å²) in [5, 5.41) is 4.42. The number of nitrogens with zero attached hydrogens (tertiary/aromatic N) is 4. The molecule has 5 rings (SSSR count). The Morgan fingerprint density at radius 3 is 2.03 bits per heavy atom. The third kappa shape index (κ3) is 4.59. The maximum absolute atomic E-state index is 4.89. The standard InChI is InChI=1S/C28H29N5/c1-2-17-29-27-24-15-9-10-16-25(24)30-28(31-27)33-20-18-32(19-21-33)26(22-11-5-3-6-12-22)23-13-7-4-8-14-23/h2-16,26H,1,17-21H2,(H,29,30,31). The lowest BCUT2D eigenvalue weighted by atomic mass is 9.96. The third-order valence-electron chi connectivity index (χ3n) is 6.20. The highest BCUT2D eigenvalue weighted by molar-refractivity contribution is 5.90. The summed E-state index contributed by atoms with van der Waals surface area (Å²) in [6, 6.07) is 30.0. The monoisotopic (exact) mass is 435 g/mol. The van der Waals surface area contributed by atoms with E-state index in [9.17, 15) is 0 Å². The summed E-state index contributed by atoms with van der Waals surface area (Å²) in [5.74, 6) is 1.65. The first-order valence-corrected chi connectivity index (χ1v) is 11.5. The molecule has 1 fully saturated rings. The van der Waals surface area contributed by atoms with E-state index in [1.165, 1.54) is 11.1 Å². The molecule has 3 aromatic carbocycles. The lowest BCUT2D eigenvalue weighted by molar-refractivity contribution is 0.211. The molecule has 33 heavy (non-hydrogen) atoms.